The van der Waals surface area contributed by atoms with Crippen molar-refractivity contribution in [3.05, 3.63) is 131 Å². The Hall–Kier alpha value is -9.65. The van der Waals surface area contributed by atoms with Crippen LogP contribution in [-0.4, -0.2) is 164 Å². The topological polar surface area (TPSA) is 386 Å². The molecule has 5 atom stereocenters. The van der Waals surface area contributed by atoms with Crippen molar-refractivity contribution in [2.75, 3.05) is 60.6 Å². The molecule has 3 aromatic carbocycles. The minimum Gasteiger partial charge on any atom is -0.476 e. The molecule has 0 spiro atoms. The maximum Gasteiger partial charge on any atom is 0.410 e. The molecule has 4 unspecified atom stereocenters. The van der Waals surface area contributed by atoms with Crippen LogP contribution in [0.25, 0.3) is 21.3 Å². The van der Waals surface area contributed by atoms with Crippen molar-refractivity contribution in [3.63, 3.8) is 0 Å². The molecular formula is C75H95N13O15S2. The lowest BCUT2D eigenvalue weighted by Crippen LogP contribution is -2.58. The quantitative estimate of drug-likeness (QED) is 0.0108. The van der Waals surface area contributed by atoms with Crippen LogP contribution in [0, 0.1) is 29.1 Å². The van der Waals surface area contributed by atoms with Crippen molar-refractivity contribution in [3.8, 4) is 11.1 Å². The number of hydrogen-bond donors (Lipinski definition) is 8. The fourth-order valence-electron chi connectivity index (χ4n) is 16.0. The Labute approximate surface area is 614 Å². The first-order valence-corrected chi connectivity index (χ1v) is 38.1. The number of unbranched alkanes of at least 4 members (excludes halogenated alkanes) is 2. The van der Waals surface area contributed by atoms with Gasteiger partial charge in [0.1, 0.15) is 24.5 Å². The normalized spacial score (nSPS) is 19.6. The van der Waals surface area contributed by atoms with Crippen molar-refractivity contribution in [1.29, 1.82) is 0 Å². The lowest BCUT2D eigenvalue weighted by atomic mass is 9.47. The number of pyridine rings is 1. The highest BCUT2D eigenvalue weighted by molar-refractivity contribution is 7.85. The van der Waals surface area contributed by atoms with Crippen molar-refractivity contribution >= 4 is 102 Å². The van der Waals surface area contributed by atoms with Gasteiger partial charge in [0, 0.05) is 92.5 Å². The van der Waals surface area contributed by atoms with Crippen molar-refractivity contribution in [2.24, 2.45) is 27.9 Å². The highest BCUT2D eigenvalue weighted by atomic mass is 32.2. The molecule has 3 aromatic heterocycles. The van der Waals surface area contributed by atoms with E-state index in [1.807, 2.05) is 59.0 Å². The van der Waals surface area contributed by atoms with Crippen LogP contribution in [0.2, 0.25) is 0 Å². The Morgan fingerprint density at radius 2 is 1.57 bits per heavy atom. The first-order chi connectivity index (χ1) is 49.8. The molecular weight excluding hydrogens is 1390 g/mol. The summed E-state index contributed by atoms with van der Waals surface area (Å²) in [7, 11) is -4.53. The number of nitrogens with one attached hydrogen (secondary N) is 5. The lowest BCUT2D eigenvalue weighted by Gasteiger charge is -2.62. The molecule has 9 N–H and O–H groups in total. The Kier molecular flexibility index (Phi) is 24.7. The number of carbonyl (C=O) groups excluding carboxylic acids is 8. The monoisotopic (exact) mass is 1480 g/mol. The number of amides is 9. The van der Waals surface area contributed by atoms with E-state index in [0.717, 1.165) is 57.6 Å². The number of imide groups is 1. The summed E-state index contributed by atoms with van der Waals surface area (Å²) in [4.78, 5) is 131. The molecule has 30 heteroatoms. The number of hydrogen-bond acceptors (Lipinski definition) is 18. The van der Waals surface area contributed by atoms with Crippen LogP contribution >= 0.6 is 11.3 Å². The number of rotatable bonds is 33. The highest BCUT2D eigenvalue weighted by Crippen LogP contribution is 2.64. The lowest BCUT2D eigenvalue weighted by molar-refractivity contribution is -0.198. The molecule has 9 amide bonds. The third-order valence-corrected chi connectivity index (χ3v) is 22.0. The van der Waals surface area contributed by atoms with Crippen LogP contribution in [0.5, 0.6) is 0 Å². The Bertz CT molecular complexity index is 4350. The SMILES string of the molecule is CCC1(Cn2ncc(-c3ccc(N4CCc5cccc(C(=O)Nc6nc7ccccc7s6)c5C4)nc3C(=O)O)c2C)CC2(C)CC(C)(C)CC(OCCN(CCS(=O)(=O)O)C(=O)OCc3ccc(NC(=O)[C@H](CCCNC(N)=O)NC(=O)C(NC(=O)CCCCCN4C(=O)C=CC4=O)C(C)C)cc3)(C2)C1. The summed E-state index contributed by atoms with van der Waals surface area (Å²) in [6, 6.07) is 20.4. The molecule has 0 saturated heterocycles. The minimum absolute atomic E-state index is 0.00284. The van der Waals surface area contributed by atoms with Crippen LogP contribution in [0.1, 0.15) is 162 Å². The van der Waals surface area contributed by atoms with E-state index in [0.29, 0.717) is 97.0 Å². The first kappa shape index (κ1) is 78.0. The molecule has 5 heterocycles. The fraction of sp³-hybridized carbons (Fsp3) is 0.493. The third kappa shape index (κ3) is 20.0. The zero-order valence-electron chi connectivity index (χ0n) is 60.5. The van der Waals surface area contributed by atoms with E-state index >= 15 is 0 Å². The molecule has 4 aliphatic rings. The summed E-state index contributed by atoms with van der Waals surface area (Å²) in [5.41, 5.74) is 9.50. The van der Waals surface area contributed by atoms with Gasteiger partial charge in [0.15, 0.2) is 10.8 Å². The number of anilines is 3. The van der Waals surface area contributed by atoms with E-state index in [-0.39, 0.29) is 97.7 Å². The zero-order chi connectivity index (χ0) is 75.6. The number of aromatic nitrogens is 4. The number of nitrogens with two attached hydrogens (primary N) is 1. The maximum atomic E-state index is 14.0. The van der Waals surface area contributed by atoms with Crippen LogP contribution in [0.15, 0.2) is 97.2 Å². The Balaban J connectivity index is 0.761. The zero-order valence-corrected chi connectivity index (χ0v) is 62.1. The number of para-hydroxylation sites is 1. The minimum atomic E-state index is -4.53. The van der Waals surface area contributed by atoms with Crippen molar-refractivity contribution in [2.45, 2.75) is 169 Å². The molecule has 2 saturated carbocycles. The average Bonchev–Trinajstić information content (AvgIpc) is 1.02. The highest BCUT2D eigenvalue weighted by Gasteiger charge is 2.59. The number of benzene rings is 3. The van der Waals surface area contributed by atoms with E-state index in [1.165, 1.54) is 28.4 Å². The number of carboxylic acids is 1. The number of primary amides is 1. The summed E-state index contributed by atoms with van der Waals surface area (Å²) in [5, 5.41) is 30.0. The van der Waals surface area contributed by atoms with E-state index in [2.05, 4.69) is 59.3 Å². The number of ether oxygens (including phenoxy) is 2. The van der Waals surface area contributed by atoms with E-state index in [9.17, 15) is 61.2 Å². The van der Waals surface area contributed by atoms with Gasteiger partial charge in [-0.2, -0.15) is 13.5 Å². The van der Waals surface area contributed by atoms with Gasteiger partial charge in [-0.05, 0) is 159 Å². The molecule has 0 radical (unpaired) electrons. The number of thiazole rings is 1. The Morgan fingerprint density at radius 3 is 2.28 bits per heavy atom. The molecule has 6 aromatic rings. The van der Waals surface area contributed by atoms with E-state index in [1.54, 1.807) is 56.4 Å². The molecule has 2 fully saturated rings. The second kappa shape index (κ2) is 33.2. The van der Waals surface area contributed by atoms with Gasteiger partial charge < -0.3 is 51.4 Å². The molecule has 2 bridgehead atoms. The molecule has 10 rings (SSSR count). The predicted molar refractivity (Wildman–Crippen MR) is 395 cm³/mol. The summed E-state index contributed by atoms with van der Waals surface area (Å²) >= 11 is 1.40. The van der Waals surface area contributed by atoms with Gasteiger partial charge in [-0.1, -0.05) is 95.7 Å². The van der Waals surface area contributed by atoms with Gasteiger partial charge in [-0.15, -0.1) is 0 Å². The molecule has 2 aliphatic carbocycles. The number of fused-ring (bicyclic) bond motifs is 4. The second-order valence-corrected chi connectivity index (χ2v) is 32.3. The molecule has 105 heavy (non-hydrogen) atoms. The average molecular weight is 1480 g/mol. The van der Waals surface area contributed by atoms with Gasteiger partial charge >= 0.3 is 18.1 Å². The fourth-order valence-corrected chi connectivity index (χ4v) is 17.4. The first-order valence-electron chi connectivity index (χ1n) is 35.7. The van der Waals surface area contributed by atoms with Crippen LogP contribution in [0.3, 0.4) is 0 Å². The summed E-state index contributed by atoms with van der Waals surface area (Å²) < 4.78 is 50.0. The number of carboxylic acid groups (broad SMARTS) is 1. The van der Waals surface area contributed by atoms with Gasteiger partial charge in [-0.3, -0.25) is 48.2 Å². The number of urea groups is 1. The summed E-state index contributed by atoms with van der Waals surface area (Å²) in [6.45, 7) is 15.3. The van der Waals surface area contributed by atoms with Gasteiger partial charge in [0.25, 0.3) is 27.8 Å². The predicted octanol–water partition coefficient (Wildman–Crippen LogP) is 9.56. The van der Waals surface area contributed by atoms with Crippen LogP contribution in [-0.2, 0) is 69.7 Å². The van der Waals surface area contributed by atoms with Crippen molar-refractivity contribution < 1.29 is 70.7 Å². The third-order valence-electron chi connectivity index (χ3n) is 20.3. The van der Waals surface area contributed by atoms with E-state index < -0.39 is 75.9 Å². The second-order valence-electron chi connectivity index (χ2n) is 29.7. The van der Waals surface area contributed by atoms with Crippen LogP contribution < -0.4 is 37.2 Å². The van der Waals surface area contributed by atoms with Gasteiger partial charge in [0.2, 0.25) is 17.7 Å². The number of carbonyl (C=O) groups is 9. The summed E-state index contributed by atoms with van der Waals surface area (Å²) in [6.07, 6.45) is 10.3. The van der Waals surface area contributed by atoms with Gasteiger partial charge in [-0.25, -0.2) is 24.4 Å². The summed E-state index contributed by atoms with van der Waals surface area (Å²) in [5.74, 6) is -4.55. The van der Waals surface area contributed by atoms with Crippen LogP contribution in [0.4, 0.5) is 26.2 Å². The maximum absolute atomic E-state index is 14.0. The van der Waals surface area contributed by atoms with E-state index in [4.69, 9.17) is 25.3 Å². The molecule has 28 nitrogen and oxygen atoms in total. The molecule has 562 valence electrons. The standard InChI is InChI=1S/C75H95N13O15S2/c1-8-74(46-88-48(4)54(38-78-88)52-26-27-59(82-64(52)68(95)96)86-33-30-50-16-14-17-53(55(50)39-86)65(92)84-70-81-56-18-11-12-20-58(56)104-70)43-73(7)41-72(5,6)42-75(44-73,45-74)103-36-34-85(35-37-105(99,100)101)71(98)102-40-49-22-24-51(25-23-49)79-66(93)57(19-15-31-77-69(76)97)80-67(94)63(47(2)3)83-60(89)21-10-9-13-32-87-61(90)28-29-62(87)91/h11-12,14,16-18,20,22-29,38,47,57,63H,8-10,13,15,19,21,30-37,39-46H2,1-7H3,(H,79,93)(H,80,94)(H,83,89)(H,95,96)(H3,76,77,97)(H,81,84,92)(H,99,100,101)/t57-,63?,73?,74?,75?/m0/s1. The largest absolute Gasteiger partial charge is 0.476 e. The number of nitrogens with zero attached hydrogens (tertiary/aromatic N) is 7. The molecule has 2 aliphatic heterocycles. The smallest absolute Gasteiger partial charge is 0.410 e. The van der Waals surface area contributed by atoms with Gasteiger partial charge in [0.05, 0.1) is 34.4 Å². The van der Waals surface area contributed by atoms with Crippen molar-refractivity contribution in [1.82, 2.24) is 45.5 Å². The number of aromatic carboxylic acids is 1. The Morgan fingerprint density at radius 1 is 0.819 bits per heavy atom.